The highest BCUT2D eigenvalue weighted by molar-refractivity contribution is 4.92. The van der Waals surface area contributed by atoms with Crippen LogP contribution in [0.3, 0.4) is 0 Å². The Hall–Kier alpha value is -0.560. The standard InChI is InChI=1S/C12H23N/c1-5-9-12(8-4)13(10-6-2)11-7-3/h5,8,12H,1,4,6-7,9-11H2,2-3H3. The molecule has 1 atom stereocenters. The van der Waals surface area contributed by atoms with E-state index in [9.17, 15) is 0 Å². The van der Waals surface area contributed by atoms with Gasteiger partial charge in [0.05, 0.1) is 0 Å². The first-order valence-corrected chi connectivity index (χ1v) is 5.27. The molecule has 0 amide bonds. The van der Waals surface area contributed by atoms with Gasteiger partial charge in [-0.2, -0.15) is 0 Å². The van der Waals surface area contributed by atoms with Gasteiger partial charge in [-0.15, -0.1) is 13.2 Å². The first kappa shape index (κ1) is 12.4. The molecule has 0 bridgehead atoms. The van der Waals surface area contributed by atoms with Crippen molar-refractivity contribution in [2.24, 2.45) is 0 Å². The third kappa shape index (κ3) is 4.89. The second-order valence-electron chi connectivity index (χ2n) is 3.36. The van der Waals surface area contributed by atoms with Crippen LogP contribution in [0.1, 0.15) is 33.1 Å². The molecule has 0 N–H and O–H groups in total. The van der Waals surface area contributed by atoms with E-state index in [1.54, 1.807) is 0 Å². The van der Waals surface area contributed by atoms with E-state index in [0.717, 1.165) is 6.42 Å². The molecule has 0 heterocycles. The maximum Gasteiger partial charge on any atom is 0.0309 e. The van der Waals surface area contributed by atoms with E-state index in [1.807, 2.05) is 12.2 Å². The van der Waals surface area contributed by atoms with E-state index in [1.165, 1.54) is 25.9 Å². The molecule has 0 radical (unpaired) electrons. The summed E-state index contributed by atoms with van der Waals surface area (Å²) in [7, 11) is 0. The van der Waals surface area contributed by atoms with Crippen molar-refractivity contribution >= 4 is 0 Å². The zero-order valence-corrected chi connectivity index (χ0v) is 9.13. The van der Waals surface area contributed by atoms with Gasteiger partial charge in [0, 0.05) is 6.04 Å². The maximum absolute atomic E-state index is 3.88. The summed E-state index contributed by atoms with van der Waals surface area (Å²) in [4.78, 5) is 2.48. The normalized spacial score (nSPS) is 12.8. The Morgan fingerprint density at radius 2 is 1.69 bits per heavy atom. The van der Waals surface area contributed by atoms with Crippen molar-refractivity contribution < 1.29 is 0 Å². The molecule has 0 spiro atoms. The molecule has 1 unspecified atom stereocenters. The minimum atomic E-state index is 0.484. The van der Waals surface area contributed by atoms with Gasteiger partial charge in [-0.25, -0.2) is 0 Å². The minimum absolute atomic E-state index is 0.484. The largest absolute Gasteiger partial charge is 0.297 e. The maximum atomic E-state index is 3.88. The van der Waals surface area contributed by atoms with Gasteiger partial charge in [0.15, 0.2) is 0 Å². The second-order valence-corrected chi connectivity index (χ2v) is 3.36. The smallest absolute Gasteiger partial charge is 0.0309 e. The molecule has 0 aromatic rings. The topological polar surface area (TPSA) is 3.24 Å². The van der Waals surface area contributed by atoms with Gasteiger partial charge < -0.3 is 0 Å². The molecular formula is C12H23N. The molecule has 1 heteroatoms. The predicted octanol–water partition coefficient (Wildman–Crippen LogP) is 3.24. The van der Waals surface area contributed by atoms with Crippen LogP contribution in [0.2, 0.25) is 0 Å². The third-order valence-electron chi connectivity index (χ3n) is 2.17. The molecule has 0 aliphatic heterocycles. The van der Waals surface area contributed by atoms with Gasteiger partial charge >= 0.3 is 0 Å². The van der Waals surface area contributed by atoms with Crippen LogP contribution in [-0.4, -0.2) is 24.0 Å². The Bertz CT molecular complexity index is 134. The van der Waals surface area contributed by atoms with Crippen molar-refractivity contribution in [3.05, 3.63) is 25.3 Å². The number of rotatable bonds is 8. The summed E-state index contributed by atoms with van der Waals surface area (Å²) < 4.78 is 0. The molecule has 0 saturated carbocycles. The molecule has 0 aliphatic carbocycles. The Morgan fingerprint density at radius 1 is 1.15 bits per heavy atom. The van der Waals surface area contributed by atoms with Gasteiger partial charge in [0.25, 0.3) is 0 Å². The molecule has 76 valence electrons. The minimum Gasteiger partial charge on any atom is -0.297 e. The van der Waals surface area contributed by atoms with E-state index in [2.05, 4.69) is 31.9 Å². The van der Waals surface area contributed by atoms with Crippen LogP contribution in [0.5, 0.6) is 0 Å². The third-order valence-corrected chi connectivity index (χ3v) is 2.17. The molecule has 0 fully saturated rings. The van der Waals surface area contributed by atoms with E-state index in [0.29, 0.717) is 6.04 Å². The highest BCUT2D eigenvalue weighted by Crippen LogP contribution is 2.07. The SMILES string of the molecule is C=CCC(C=C)N(CCC)CCC. The van der Waals surface area contributed by atoms with Crippen molar-refractivity contribution in [1.29, 1.82) is 0 Å². The number of hydrogen-bond donors (Lipinski definition) is 0. The average Bonchev–Trinajstić information content (AvgIpc) is 2.14. The number of nitrogens with zero attached hydrogens (tertiary/aromatic N) is 1. The summed E-state index contributed by atoms with van der Waals surface area (Å²) in [6, 6.07) is 0.484. The second kappa shape index (κ2) is 8.06. The molecule has 0 rings (SSSR count). The van der Waals surface area contributed by atoms with Crippen molar-refractivity contribution in [2.75, 3.05) is 13.1 Å². The van der Waals surface area contributed by atoms with Crippen LogP contribution in [0, 0.1) is 0 Å². The Labute approximate surface area is 83.1 Å². The number of hydrogen-bond acceptors (Lipinski definition) is 1. The van der Waals surface area contributed by atoms with Gasteiger partial charge in [-0.05, 0) is 32.4 Å². The summed E-state index contributed by atoms with van der Waals surface area (Å²) in [5.41, 5.74) is 0. The van der Waals surface area contributed by atoms with Crippen LogP contribution >= 0.6 is 0 Å². The van der Waals surface area contributed by atoms with Gasteiger partial charge in [0.2, 0.25) is 0 Å². The van der Waals surface area contributed by atoms with Crippen LogP contribution in [0.15, 0.2) is 25.3 Å². The van der Waals surface area contributed by atoms with Crippen molar-refractivity contribution in [3.8, 4) is 0 Å². The van der Waals surface area contributed by atoms with E-state index in [-0.39, 0.29) is 0 Å². The lowest BCUT2D eigenvalue weighted by atomic mass is 10.1. The van der Waals surface area contributed by atoms with Crippen LogP contribution in [0.25, 0.3) is 0 Å². The summed E-state index contributed by atoms with van der Waals surface area (Å²) in [5, 5.41) is 0. The average molecular weight is 181 g/mol. The fourth-order valence-corrected chi connectivity index (χ4v) is 1.58. The zero-order chi connectivity index (χ0) is 10.1. The van der Waals surface area contributed by atoms with Crippen molar-refractivity contribution in [1.82, 2.24) is 4.90 Å². The molecular weight excluding hydrogens is 158 g/mol. The van der Waals surface area contributed by atoms with Crippen LogP contribution in [0.4, 0.5) is 0 Å². The fourth-order valence-electron chi connectivity index (χ4n) is 1.58. The van der Waals surface area contributed by atoms with E-state index < -0.39 is 0 Å². The highest BCUT2D eigenvalue weighted by Gasteiger charge is 2.11. The lowest BCUT2D eigenvalue weighted by Crippen LogP contribution is -2.34. The van der Waals surface area contributed by atoms with Crippen molar-refractivity contribution in [2.45, 2.75) is 39.2 Å². The summed E-state index contributed by atoms with van der Waals surface area (Å²) in [6.45, 7) is 14.4. The van der Waals surface area contributed by atoms with E-state index >= 15 is 0 Å². The Balaban J connectivity index is 4.09. The summed E-state index contributed by atoms with van der Waals surface area (Å²) in [6.07, 6.45) is 7.45. The van der Waals surface area contributed by atoms with Crippen LogP contribution < -0.4 is 0 Å². The van der Waals surface area contributed by atoms with Gasteiger partial charge in [-0.3, -0.25) is 4.90 Å². The van der Waals surface area contributed by atoms with Crippen molar-refractivity contribution in [3.63, 3.8) is 0 Å². The summed E-state index contributed by atoms with van der Waals surface area (Å²) >= 11 is 0. The summed E-state index contributed by atoms with van der Waals surface area (Å²) in [5.74, 6) is 0. The molecule has 0 saturated heterocycles. The van der Waals surface area contributed by atoms with Gasteiger partial charge in [-0.1, -0.05) is 26.0 Å². The highest BCUT2D eigenvalue weighted by atomic mass is 15.1. The first-order valence-electron chi connectivity index (χ1n) is 5.27. The molecule has 0 aliphatic rings. The monoisotopic (exact) mass is 181 g/mol. The Morgan fingerprint density at radius 3 is 2.00 bits per heavy atom. The quantitative estimate of drug-likeness (QED) is 0.520. The molecule has 13 heavy (non-hydrogen) atoms. The van der Waals surface area contributed by atoms with Crippen LogP contribution in [-0.2, 0) is 0 Å². The fraction of sp³-hybridized carbons (Fsp3) is 0.667. The zero-order valence-electron chi connectivity index (χ0n) is 9.13. The first-order chi connectivity index (χ1) is 6.29. The lowest BCUT2D eigenvalue weighted by molar-refractivity contribution is 0.230. The predicted molar refractivity (Wildman–Crippen MR) is 61.0 cm³/mol. The Kier molecular flexibility index (Phi) is 7.71. The lowest BCUT2D eigenvalue weighted by Gasteiger charge is -2.28. The molecule has 1 nitrogen and oxygen atoms in total. The molecule has 0 aromatic carbocycles. The van der Waals surface area contributed by atoms with E-state index in [4.69, 9.17) is 0 Å². The van der Waals surface area contributed by atoms with Gasteiger partial charge in [0.1, 0.15) is 0 Å². The molecule has 0 aromatic heterocycles.